The molecular formula is C19H26F3N3O3. The Morgan fingerprint density at radius 3 is 2.75 bits per heavy atom. The molecule has 1 aliphatic carbocycles. The van der Waals surface area contributed by atoms with Crippen molar-refractivity contribution in [3.63, 3.8) is 0 Å². The van der Waals surface area contributed by atoms with E-state index < -0.39 is 17.5 Å². The first-order chi connectivity index (χ1) is 13.0. The van der Waals surface area contributed by atoms with Crippen LogP contribution in [0.25, 0.3) is 0 Å². The van der Waals surface area contributed by atoms with Gasteiger partial charge in [-0.1, -0.05) is 0 Å². The number of rotatable bonds is 6. The molecule has 0 bridgehead atoms. The minimum absolute atomic E-state index is 0.101. The maximum atomic E-state index is 12.7. The van der Waals surface area contributed by atoms with Gasteiger partial charge < -0.3 is 19.7 Å². The lowest BCUT2D eigenvalue weighted by molar-refractivity contribution is -0.275. The van der Waals surface area contributed by atoms with Crippen LogP contribution in [0.5, 0.6) is 11.6 Å². The molecule has 9 heteroatoms. The van der Waals surface area contributed by atoms with E-state index in [4.69, 9.17) is 4.74 Å². The van der Waals surface area contributed by atoms with Gasteiger partial charge in [0.15, 0.2) is 5.75 Å². The van der Waals surface area contributed by atoms with Crippen molar-refractivity contribution >= 4 is 5.91 Å². The predicted molar refractivity (Wildman–Crippen MR) is 96.0 cm³/mol. The largest absolute Gasteiger partial charge is 0.573 e. The summed E-state index contributed by atoms with van der Waals surface area (Å²) in [7, 11) is 2.12. The molecule has 0 radical (unpaired) electrons. The molecular weight excluding hydrogens is 375 g/mol. The summed E-state index contributed by atoms with van der Waals surface area (Å²) in [5.74, 6) is -1.01. The van der Waals surface area contributed by atoms with E-state index in [1.807, 2.05) is 0 Å². The Morgan fingerprint density at radius 1 is 1.39 bits per heavy atom. The minimum atomic E-state index is -4.85. The number of ether oxygens (including phenoxy) is 2. The van der Waals surface area contributed by atoms with Crippen LogP contribution in [-0.2, 0) is 4.79 Å². The fourth-order valence-electron chi connectivity index (χ4n) is 3.54. The molecule has 1 unspecified atom stereocenters. The van der Waals surface area contributed by atoms with Crippen molar-refractivity contribution in [2.75, 3.05) is 20.2 Å². The fraction of sp³-hybridized carbons (Fsp3) is 0.684. The van der Waals surface area contributed by atoms with Crippen molar-refractivity contribution in [2.24, 2.45) is 5.41 Å². The van der Waals surface area contributed by atoms with Crippen LogP contribution in [0.3, 0.4) is 0 Å². The van der Waals surface area contributed by atoms with Crippen LogP contribution >= 0.6 is 0 Å². The number of halogens is 3. The lowest BCUT2D eigenvalue weighted by atomic mass is 9.90. The van der Waals surface area contributed by atoms with Crippen LogP contribution < -0.4 is 14.8 Å². The second kappa shape index (κ2) is 7.42. The first-order valence-corrected chi connectivity index (χ1v) is 9.37. The summed E-state index contributed by atoms with van der Waals surface area (Å²) in [6.07, 6.45) is 0.578. The number of aromatic nitrogens is 1. The number of alkyl halides is 3. The van der Waals surface area contributed by atoms with E-state index in [0.29, 0.717) is 0 Å². The van der Waals surface area contributed by atoms with Crippen molar-refractivity contribution in [3.05, 3.63) is 18.3 Å². The topological polar surface area (TPSA) is 63.7 Å². The van der Waals surface area contributed by atoms with Crippen LogP contribution in [0, 0.1) is 5.41 Å². The molecule has 1 amide bonds. The molecule has 1 aromatic rings. The third-order valence-electron chi connectivity index (χ3n) is 5.56. The minimum Gasteiger partial charge on any atom is -0.474 e. The maximum absolute atomic E-state index is 12.7. The highest BCUT2D eigenvalue weighted by atomic mass is 19.4. The van der Waals surface area contributed by atoms with Gasteiger partial charge in [-0.25, -0.2) is 4.98 Å². The number of hydrogen-bond donors (Lipinski definition) is 1. The second-order valence-corrected chi connectivity index (χ2v) is 8.34. The quantitative estimate of drug-likeness (QED) is 0.794. The van der Waals surface area contributed by atoms with Gasteiger partial charge >= 0.3 is 6.36 Å². The van der Waals surface area contributed by atoms with Gasteiger partial charge in [0, 0.05) is 24.3 Å². The van der Waals surface area contributed by atoms with Gasteiger partial charge in [0.25, 0.3) is 5.88 Å². The number of pyridine rings is 1. The molecule has 2 aliphatic rings. The Morgan fingerprint density at radius 2 is 2.11 bits per heavy atom. The fourth-order valence-corrected chi connectivity index (χ4v) is 3.54. The Balaban J connectivity index is 1.57. The third-order valence-corrected chi connectivity index (χ3v) is 5.56. The Hall–Kier alpha value is -2.03. The monoisotopic (exact) mass is 401 g/mol. The van der Waals surface area contributed by atoms with Crippen molar-refractivity contribution in [1.82, 2.24) is 15.2 Å². The molecule has 1 N–H and O–H groups in total. The van der Waals surface area contributed by atoms with Crippen LogP contribution in [-0.4, -0.2) is 53.9 Å². The number of amides is 1. The van der Waals surface area contributed by atoms with E-state index in [9.17, 15) is 18.0 Å². The summed E-state index contributed by atoms with van der Waals surface area (Å²) >= 11 is 0. The Kier molecular flexibility index (Phi) is 5.49. The number of nitrogens with zero attached hydrogens (tertiary/aromatic N) is 2. The number of piperidine rings is 1. The van der Waals surface area contributed by atoms with Crippen molar-refractivity contribution < 1.29 is 27.4 Å². The summed E-state index contributed by atoms with van der Waals surface area (Å²) in [5, 5.41) is 3.09. The van der Waals surface area contributed by atoms with E-state index in [-0.39, 0.29) is 30.0 Å². The smallest absolute Gasteiger partial charge is 0.474 e. The highest BCUT2D eigenvalue weighted by Crippen LogP contribution is 2.47. The van der Waals surface area contributed by atoms with E-state index in [1.165, 1.54) is 12.3 Å². The molecule has 3 rings (SSSR count). The average Bonchev–Trinajstić information content (AvgIpc) is 3.36. The number of likely N-dealkylation sites (tertiary alicyclic amines) is 1. The van der Waals surface area contributed by atoms with Crippen LogP contribution in [0.4, 0.5) is 13.2 Å². The first-order valence-electron chi connectivity index (χ1n) is 9.37. The van der Waals surface area contributed by atoms with Crippen LogP contribution in [0.15, 0.2) is 18.3 Å². The van der Waals surface area contributed by atoms with E-state index >= 15 is 0 Å². The average molecular weight is 401 g/mol. The molecule has 28 heavy (non-hydrogen) atoms. The van der Waals surface area contributed by atoms with Gasteiger partial charge in [-0.3, -0.25) is 4.79 Å². The summed E-state index contributed by atoms with van der Waals surface area (Å²) < 4.78 is 46.9. The molecule has 2 heterocycles. The number of nitrogens with one attached hydrogen (secondary N) is 1. The zero-order valence-corrected chi connectivity index (χ0v) is 16.3. The molecule has 1 aromatic heterocycles. The van der Waals surface area contributed by atoms with Gasteiger partial charge in [0.05, 0.1) is 5.41 Å². The molecule has 1 saturated heterocycles. The normalized spacial score (nSPS) is 22.0. The number of carbonyl (C=O) groups is 1. The third kappa shape index (κ3) is 4.87. The Bertz CT molecular complexity index is 720. The van der Waals surface area contributed by atoms with Crippen LogP contribution in [0.2, 0.25) is 0 Å². The van der Waals surface area contributed by atoms with Gasteiger partial charge in [0.1, 0.15) is 6.61 Å². The lowest BCUT2D eigenvalue weighted by Crippen LogP contribution is -2.52. The highest BCUT2D eigenvalue weighted by Gasteiger charge is 2.50. The van der Waals surface area contributed by atoms with Gasteiger partial charge in [-0.05, 0) is 58.7 Å². The lowest BCUT2D eigenvalue weighted by Gasteiger charge is -2.39. The van der Waals surface area contributed by atoms with E-state index in [1.54, 1.807) is 13.8 Å². The first kappa shape index (κ1) is 20.7. The van der Waals surface area contributed by atoms with E-state index in [2.05, 4.69) is 27.0 Å². The predicted octanol–water partition coefficient (Wildman–Crippen LogP) is 3.13. The van der Waals surface area contributed by atoms with Crippen LogP contribution in [0.1, 0.15) is 39.5 Å². The van der Waals surface area contributed by atoms with Crippen molar-refractivity contribution in [1.29, 1.82) is 0 Å². The van der Waals surface area contributed by atoms with E-state index in [0.717, 1.165) is 38.3 Å². The highest BCUT2D eigenvalue weighted by molar-refractivity contribution is 5.82. The summed E-state index contributed by atoms with van der Waals surface area (Å²) in [5.41, 5.74) is -0.707. The molecule has 2 fully saturated rings. The number of hydrogen-bond acceptors (Lipinski definition) is 5. The molecule has 156 valence electrons. The van der Waals surface area contributed by atoms with Crippen molar-refractivity contribution in [2.45, 2.75) is 57.5 Å². The zero-order chi connectivity index (χ0) is 20.6. The molecule has 1 spiro atoms. The van der Waals surface area contributed by atoms with Crippen molar-refractivity contribution in [3.8, 4) is 11.6 Å². The molecule has 1 atom stereocenters. The molecule has 1 saturated carbocycles. The standard InChI is InChI=1S/C19H26F3N3O3/c1-17(2,12-27-15-14(5-4-9-23-15)28-19(20,21)22)16(26)24-13-6-10-25(3)18(11-13)7-8-18/h4-5,9,13H,6-8,10-12H2,1-3H3,(H,24,26). The number of carbonyl (C=O) groups excluding carboxylic acids is 1. The summed E-state index contributed by atoms with van der Waals surface area (Å²) in [6.45, 7) is 4.20. The SMILES string of the molecule is CN1CCC(NC(=O)C(C)(C)COc2ncccc2OC(F)(F)F)CC12CC2. The molecule has 1 aliphatic heterocycles. The van der Waals surface area contributed by atoms with Gasteiger partial charge in [0.2, 0.25) is 5.91 Å². The second-order valence-electron chi connectivity index (χ2n) is 8.34. The summed E-state index contributed by atoms with van der Waals surface area (Å²) in [6, 6.07) is 2.54. The molecule has 0 aromatic carbocycles. The van der Waals surface area contributed by atoms with Gasteiger partial charge in [-0.15, -0.1) is 13.2 Å². The summed E-state index contributed by atoms with van der Waals surface area (Å²) in [4.78, 5) is 18.9. The maximum Gasteiger partial charge on any atom is 0.573 e. The Labute approximate surface area is 162 Å². The molecule has 6 nitrogen and oxygen atoms in total. The zero-order valence-electron chi connectivity index (χ0n) is 16.3. The van der Waals surface area contributed by atoms with Gasteiger partial charge in [-0.2, -0.15) is 0 Å².